The van der Waals surface area contributed by atoms with Crippen molar-refractivity contribution >= 4 is 5.97 Å². The first-order valence-electron chi connectivity index (χ1n) is 3.47. The summed E-state index contributed by atoms with van der Waals surface area (Å²) in [7, 11) is 0. The molecule has 0 saturated heterocycles. The van der Waals surface area contributed by atoms with Crippen LogP contribution in [0.3, 0.4) is 0 Å². The fourth-order valence-electron chi connectivity index (χ4n) is 0.966. The van der Waals surface area contributed by atoms with Crippen LogP contribution in [0.4, 0.5) is 8.78 Å². The lowest BCUT2D eigenvalue weighted by Gasteiger charge is -2.10. The summed E-state index contributed by atoms with van der Waals surface area (Å²) in [4.78, 5) is 10.4. The van der Waals surface area contributed by atoms with E-state index in [1.807, 2.05) is 6.92 Å². The normalized spacial score (nSPS) is 35.5. The van der Waals surface area contributed by atoms with Crippen LogP contribution in [-0.4, -0.2) is 18.0 Å². The van der Waals surface area contributed by atoms with Gasteiger partial charge in [0.15, 0.2) is 0 Å². The van der Waals surface area contributed by atoms with Crippen LogP contribution >= 0.6 is 0 Å². The zero-order valence-electron chi connectivity index (χ0n) is 6.43. The van der Waals surface area contributed by atoms with Crippen molar-refractivity contribution in [3.8, 4) is 0 Å². The van der Waals surface area contributed by atoms with Gasteiger partial charge >= 0.3 is 12.4 Å². The van der Waals surface area contributed by atoms with Crippen LogP contribution in [0, 0.1) is 5.92 Å². The molecule has 1 saturated carbocycles. The van der Waals surface area contributed by atoms with Gasteiger partial charge in [-0.05, 0) is 19.3 Å². The molecule has 0 aromatic rings. The number of ether oxygens (including phenoxy) is 1. The minimum absolute atomic E-state index is 0.213. The molecular formula is C7H10F2O2. The van der Waals surface area contributed by atoms with Crippen molar-refractivity contribution in [2.45, 2.75) is 32.3 Å². The molecule has 1 fully saturated rings. The maximum atomic E-state index is 11.6. The minimum Gasteiger partial charge on any atom is -0.455 e. The fraction of sp³-hybridized carbons (Fsp3) is 0.857. The Morgan fingerprint density at radius 1 is 1.73 bits per heavy atom. The summed E-state index contributed by atoms with van der Waals surface area (Å²) in [6, 6.07) is 0. The van der Waals surface area contributed by atoms with Crippen LogP contribution in [0.5, 0.6) is 0 Å². The maximum absolute atomic E-state index is 11.6. The van der Waals surface area contributed by atoms with Gasteiger partial charge in [-0.25, -0.2) is 4.79 Å². The second kappa shape index (κ2) is 2.43. The van der Waals surface area contributed by atoms with Crippen molar-refractivity contribution in [3.63, 3.8) is 0 Å². The Morgan fingerprint density at radius 2 is 2.18 bits per heavy atom. The van der Waals surface area contributed by atoms with E-state index in [9.17, 15) is 13.6 Å². The Morgan fingerprint density at radius 3 is 2.45 bits per heavy atom. The van der Waals surface area contributed by atoms with Crippen LogP contribution < -0.4 is 0 Å². The topological polar surface area (TPSA) is 26.3 Å². The molecule has 1 aliphatic carbocycles. The highest BCUT2D eigenvalue weighted by atomic mass is 19.3. The Bertz CT molecular complexity index is 181. The molecule has 0 amide bonds. The van der Waals surface area contributed by atoms with E-state index in [4.69, 9.17) is 0 Å². The molecule has 4 heteroatoms. The molecule has 1 rings (SSSR count). The van der Waals surface area contributed by atoms with E-state index in [0.29, 0.717) is 6.42 Å². The third-order valence-corrected chi connectivity index (χ3v) is 2.11. The zero-order valence-corrected chi connectivity index (χ0v) is 6.43. The largest absolute Gasteiger partial charge is 0.455 e. The molecule has 11 heavy (non-hydrogen) atoms. The van der Waals surface area contributed by atoms with Gasteiger partial charge in [0.25, 0.3) is 0 Å². The molecule has 2 atom stereocenters. The summed E-state index contributed by atoms with van der Waals surface area (Å²) in [5.41, 5.74) is -0.618. The molecule has 0 aromatic heterocycles. The van der Waals surface area contributed by atoms with Crippen LogP contribution in [0.25, 0.3) is 0 Å². The smallest absolute Gasteiger partial charge is 0.374 e. The van der Waals surface area contributed by atoms with E-state index in [1.54, 1.807) is 6.92 Å². The monoisotopic (exact) mass is 164 g/mol. The van der Waals surface area contributed by atoms with E-state index < -0.39 is 18.0 Å². The first-order valence-corrected chi connectivity index (χ1v) is 3.47. The number of hydrogen-bond acceptors (Lipinski definition) is 2. The minimum atomic E-state index is -3.00. The average molecular weight is 164 g/mol. The van der Waals surface area contributed by atoms with E-state index in [-0.39, 0.29) is 5.92 Å². The predicted molar refractivity (Wildman–Crippen MR) is 34.3 cm³/mol. The maximum Gasteiger partial charge on any atom is 0.374 e. The van der Waals surface area contributed by atoms with Gasteiger partial charge in [-0.1, -0.05) is 6.92 Å². The highest BCUT2D eigenvalue weighted by Gasteiger charge is 2.51. The Kier molecular flexibility index (Phi) is 1.86. The third-order valence-electron chi connectivity index (χ3n) is 2.11. The Labute approximate surface area is 63.5 Å². The number of hydrogen-bond donors (Lipinski definition) is 0. The summed E-state index contributed by atoms with van der Waals surface area (Å²) in [5.74, 6) is -1.19. The zero-order chi connectivity index (χ0) is 8.65. The predicted octanol–water partition coefficient (Wildman–Crippen LogP) is 1.59. The third kappa shape index (κ3) is 1.67. The quantitative estimate of drug-likeness (QED) is 0.579. The standard InChI is InChI=1S/C7H10F2O2/c1-4-3-7(4,2)11-6(10)5(8)9/h4-5H,3H2,1-2H3. The summed E-state index contributed by atoms with van der Waals surface area (Å²) >= 11 is 0. The highest BCUT2D eigenvalue weighted by molar-refractivity contribution is 5.73. The van der Waals surface area contributed by atoms with E-state index in [2.05, 4.69) is 4.74 Å². The summed E-state index contributed by atoms with van der Waals surface area (Å²) in [5, 5.41) is 0. The van der Waals surface area contributed by atoms with Gasteiger partial charge in [0.1, 0.15) is 5.60 Å². The fourth-order valence-corrected chi connectivity index (χ4v) is 0.966. The van der Waals surface area contributed by atoms with Gasteiger partial charge < -0.3 is 4.74 Å². The lowest BCUT2D eigenvalue weighted by molar-refractivity contribution is -0.164. The van der Waals surface area contributed by atoms with Crippen molar-refractivity contribution < 1.29 is 18.3 Å². The van der Waals surface area contributed by atoms with Crippen molar-refractivity contribution in [1.82, 2.24) is 0 Å². The van der Waals surface area contributed by atoms with Gasteiger partial charge in [0.05, 0.1) is 0 Å². The molecule has 0 heterocycles. The molecule has 0 spiro atoms. The van der Waals surface area contributed by atoms with Gasteiger partial charge in [0.2, 0.25) is 0 Å². The molecule has 0 aromatic carbocycles. The van der Waals surface area contributed by atoms with Gasteiger partial charge in [-0.15, -0.1) is 0 Å². The van der Waals surface area contributed by atoms with Gasteiger partial charge in [0, 0.05) is 0 Å². The molecule has 0 N–H and O–H groups in total. The number of carbonyl (C=O) groups is 1. The molecule has 1 aliphatic rings. The average Bonchev–Trinajstić information content (AvgIpc) is 2.39. The van der Waals surface area contributed by atoms with Gasteiger partial charge in [-0.2, -0.15) is 8.78 Å². The Hall–Kier alpha value is -0.670. The van der Waals surface area contributed by atoms with E-state index in [0.717, 1.165) is 0 Å². The molecular weight excluding hydrogens is 154 g/mol. The number of carbonyl (C=O) groups excluding carboxylic acids is 1. The lowest BCUT2D eigenvalue weighted by atomic mass is 10.3. The van der Waals surface area contributed by atoms with Crippen LogP contribution in [0.2, 0.25) is 0 Å². The molecule has 0 bridgehead atoms. The summed E-state index contributed by atoms with van der Waals surface area (Å²) in [6.07, 6.45) is -2.31. The molecule has 2 unspecified atom stereocenters. The molecule has 2 nitrogen and oxygen atoms in total. The molecule has 64 valence electrons. The van der Waals surface area contributed by atoms with Crippen LogP contribution in [-0.2, 0) is 9.53 Å². The summed E-state index contributed by atoms with van der Waals surface area (Å²) in [6.45, 7) is 3.52. The second-order valence-electron chi connectivity index (χ2n) is 3.14. The summed E-state index contributed by atoms with van der Waals surface area (Å²) < 4.78 is 27.8. The van der Waals surface area contributed by atoms with Crippen molar-refractivity contribution in [1.29, 1.82) is 0 Å². The number of rotatable bonds is 2. The first-order chi connectivity index (χ1) is 4.96. The van der Waals surface area contributed by atoms with Crippen molar-refractivity contribution in [2.75, 3.05) is 0 Å². The van der Waals surface area contributed by atoms with Crippen molar-refractivity contribution in [2.24, 2.45) is 5.92 Å². The van der Waals surface area contributed by atoms with E-state index in [1.165, 1.54) is 0 Å². The Balaban J connectivity index is 2.38. The first kappa shape index (κ1) is 8.43. The molecule has 0 radical (unpaired) electrons. The highest BCUT2D eigenvalue weighted by Crippen LogP contribution is 2.46. The van der Waals surface area contributed by atoms with Crippen LogP contribution in [0.15, 0.2) is 0 Å². The number of halogens is 2. The second-order valence-corrected chi connectivity index (χ2v) is 3.14. The lowest BCUT2D eigenvalue weighted by Crippen LogP contribution is -2.23. The SMILES string of the molecule is CC1CC1(C)OC(=O)C(F)F. The number of esters is 1. The molecule has 0 aliphatic heterocycles. The van der Waals surface area contributed by atoms with Gasteiger partial charge in [-0.3, -0.25) is 0 Å². The van der Waals surface area contributed by atoms with Crippen LogP contribution in [0.1, 0.15) is 20.3 Å². The van der Waals surface area contributed by atoms with E-state index >= 15 is 0 Å². The van der Waals surface area contributed by atoms with Crippen molar-refractivity contribution in [3.05, 3.63) is 0 Å². The number of alkyl halides is 2.